The summed E-state index contributed by atoms with van der Waals surface area (Å²) >= 11 is 0. The van der Waals surface area contributed by atoms with Crippen LogP contribution in [-0.4, -0.2) is 59.2 Å². The standard InChI is InChI=1S/C15H21N3O5/c1-4-5-6-19-13-16-14(20-7-11-9(2)22-11)18-15(17-13)21-8-12-10(3)23-12/h4-5,9-12H,6-8H2,1-3H3. The largest absolute Gasteiger partial charge is 0.460 e. The molecule has 0 aromatic carbocycles. The molecule has 8 heteroatoms. The molecule has 0 amide bonds. The highest BCUT2D eigenvalue weighted by Crippen LogP contribution is 2.24. The fourth-order valence-electron chi connectivity index (χ4n) is 1.86. The Morgan fingerprint density at radius 1 is 0.870 bits per heavy atom. The summed E-state index contributed by atoms with van der Waals surface area (Å²) in [5, 5.41) is 0. The third kappa shape index (κ3) is 4.77. The van der Waals surface area contributed by atoms with Gasteiger partial charge in [-0.2, -0.15) is 0 Å². The van der Waals surface area contributed by atoms with Crippen LogP contribution < -0.4 is 14.2 Å². The van der Waals surface area contributed by atoms with Gasteiger partial charge in [-0.25, -0.2) is 0 Å². The van der Waals surface area contributed by atoms with Crippen LogP contribution in [0.2, 0.25) is 0 Å². The molecule has 126 valence electrons. The minimum absolute atomic E-state index is 0.0873. The molecule has 2 aliphatic heterocycles. The first kappa shape index (κ1) is 15.9. The molecule has 23 heavy (non-hydrogen) atoms. The lowest BCUT2D eigenvalue weighted by Crippen LogP contribution is -2.13. The van der Waals surface area contributed by atoms with Crippen LogP contribution >= 0.6 is 0 Å². The normalized spacial score (nSPS) is 28.7. The molecular formula is C15H21N3O5. The van der Waals surface area contributed by atoms with Gasteiger partial charge in [-0.05, 0) is 20.8 Å². The number of hydrogen-bond donors (Lipinski definition) is 0. The third-order valence-corrected chi connectivity index (χ3v) is 3.54. The molecule has 4 unspecified atom stereocenters. The first-order valence-electron chi connectivity index (χ1n) is 7.72. The molecule has 2 fully saturated rings. The Kier molecular flexibility index (Phi) is 4.92. The summed E-state index contributed by atoms with van der Waals surface area (Å²) in [6.45, 7) is 7.03. The Balaban J connectivity index is 1.61. The lowest BCUT2D eigenvalue weighted by atomic mass is 10.4. The van der Waals surface area contributed by atoms with E-state index in [2.05, 4.69) is 15.0 Å². The molecule has 4 atom stereocenters. The maximum atomic E-state index is 5.54. The van der Waals surface area contributed by atoms with E-state index in [4.69, 9.17) is 23.7 Å². The fraction of sp³-hybridized carbons (Fsp3) is 0.667. The third-order valence-electron chi connectivity index (χ3n) is 3.54. The van der Waals surface area contributed by atoms with E-state index in [9.17, 15) is 0 Å². The summed E-state index contributed by atoms with van der Waals surface area (Å²) in [4.78, 5) is 12.4. The Morgan fingerprint density at radius 3 is 1.70 bits per heavy atom. The number of ether oxygens (including phenoxy) is 5. The van der Waals surface area contributed by atoms with Gasteiger partial charge < -0.3 is 23.7 Å². The van der Waals surface area contributed by atoms with Gasteiger partial charge in [0.25, 0.3) is 0 Å². The minimum Gasteiger partial charge on any atom is -0.460 e. The van der Waals surface area contributed by atoms with E-state index in [1.165, 1.54) is 0 Å². The number of nitrogens with zero attached hydrogens (tertiary/aromatic N) is 3. The van der Waals surface area contributed by atoms with Crippen molar-refractivity contribution in [2.45, 2.75) is 45.2 Å². The van der Waals surface area contributed by atoms with Gasteiger partial charge in [0.05, 0.1) is 12.2 Å². The van der Waals surface area contributed by atoms with Crippen LogP contribution in [0.1, 0.15) is 20.8 Å². The summed E-state index contributed by atoms with van der Waals surface area (Å²) in [6, 6.07) is 0.494. The molecule has 0 N–H and O–H groups in total. The van der Waals surface area contributed by atoms with E-state index < -0.39 is 0 Å². The lowest BCUT2D eigenvalue weighted by molar-refractivity contribution is 0.214. The SMILES string of the molecule is CC=CCOc1nc(OCC2OC2C)nc(OCC2OC2C)n1. The van der Waals surface area contributed by atoms with Crippen molar-refractivity contribution in [2.24, 2.45) is 0 Å². The van der Waals surface area contributed by atoms with Gasteiger partial charge in [0.15, 0.2) is 0 Å². The van der Waals surface area contributed by atoms with Gasteiger partial charge >= 0.3 is 18.0 Å². The lowest BCUT2D eigenvalue weighted by Gasteiger charge is -2.08. The molecule has 1 aromatic heterocycles. The summed E-state index contributed by atoms with van der Waals surface area (Å²) in [5.74, 6) is 0. The molecule has 3 rings (SSSR count). The van der Waals surface area contributed by atoms with Gasteiger partial charge in [-0.3, -0.25) is 0 Å². The smallest absolute Gasteiger partial charge is 0.326 e. The number of epoxide rings is 2. The first-order chi connectivity index (χ1) is 11.2. The van der Waals surface area contributed by atoms with Crippen LogP contribution in [0.4, 0.5) is 0 Å². The van der Waals surface area contributed by atoms with Crippen LogP contribution in [-0.2, 0) is 9.47 Å². The van der Waals surface area contributed by atoms with Crippen molar-refractivity contribution in [3.8, 4) is 18.0 Å². The van der Waals surface area contributed by atoms with Crippen molar-refractivity contribution in [3.05, 3.63) is 12.2 Å². The van der Waals surface area contributed by atoms with Crippen molar-refractivity contribution in [1.82, 2.24) is 15.0 Å². The maximum absolute atomic E-state index is 5.54. The highest BCUT2D eigenvalue weighted by atomic mass is 16.6. The van der Waals surface area contributed by atoms with Crippen LogP contribution in [0.5, 0.6) is 18.0 Å². The van der Waals surface area contributed by atoms with E-state index in [1.54, 1.807) is 0 Å². The fourth-order valence-corrected chi connectivity index (χ4v) is 1.86. The average molecular weight is 323 g/mol. The van der Waals surface area contributed by atoms with Gasteiger partial charge in [0.1, 0.15) is 32.0 Å². The molecule has 0 spiro atoms. The zero-order valence-electron chi connectivity index (χ0n) is 13.5. The molecule has 0 radical (unpaired) electrons. The van der Waals surface area contributed by atoms with Crippen molar-refractivity contribution in [1.29, 1.82) is 0 Å². The number of allylic oxidation sites excluding steroid dienone is 1. The van der Waals surface area contributed by atoms with E-state index in [0.717, 1.165) is 0 Å². The van der Waals surface area contributed by atoms with Crippen molar-refractivity contribution in [2.75, 3.05) is 19.8 Å². The summed E-state index contributed by atoms with van der Waals surface area (Å²) in [7, 11) is 0. The highest BCUT2D eigenvalue weighted by molar-refractivity contribution is 5.10. The Bertz CT molecular complexity index is 530. The maximum Gasteiger partial charge on any atom is 0.326 e. The Morgan fingerprint density at radius 2 is 1.30 bits per heavy atom. The van der Waals surface area contributed by atoms with Gasteiger partial charge in [-0.15, -0.1) is 15.0 Å². The molecule has 1 aromatic rings. The van der Waals surface area contributed by atoms with Gasteiger partial charge in [-0.1, -0.05) is 12.2 Å². The molecule has 2 aliphatic rings. The quantitative estimate of drug-likeness (QED) is 0.494. The average Bonchev–Trinajstić information content (AvgIpc) is 3.43. The van der Waals surface area contributed by atoms with Crippen LogP contribution in [0.3, 0.4) is 0 Å². The van der Waals surface area contributed by atoms with E-state index >= 15 is 0 Å². The van der Waals surface area contributed by atoms with Crippen LogP contribution in [0, 0.1) is 0 Å². The van der Waals surface area contributed by atoms with Crippen molar-refractivity contribution < 1.29 is 23.7 Å². The van der Waals surface area contributed by atoms with E-state index in [-0.39, 0.29) is 42.4 Å². The zero-order chi connectivity index (χ0) is 16.2. The summed E-state index contributed by atoms with van der Waals surface area (Å²) in [6.07, 6.45) is 4.34. The minimum atomic E-state index is 0.0873. The molecule has 3 heterocycles. The summed E-state index contributed by atoms with van der Waals surface area (Å²) < 4.78 is 27.1. The monoisotopic (exact) mass is 323 g/mol. The number of aromatic nitrogens is 3. The number of rotatable bonds is 9. The highest BCUT2D eigenvalue weighted by Gasteiger charge is 2.36. The Hall–Kier alpha value is -1.93. The number of hydrogen-bond acceptors (Lipinski definition) is 8. The van der Waals surface area contributed by atoms with E-state index in [0.29, 0.717) is 19.8 Å². The second-order valence-corrected chi connectivity index (χ2v) is 5.44. The zero-order valence-corrected chi connectivity index (χ0v) is 13.5. The first-order valence-corrected chi connectivity index (χ1v) is 7.72. The molecule has 0 saturated carbocycles. The molecule has 8 nitrogen and oxygen atoms in total. The molecule has 0 bridgehead atoms. The van der Waals surface area contributed by atoms with Gasteiger partial charge in [0.2, 0.25) is 0 Å². The molecular weight excluding hydrogens is 302 g/mol. The van der Waals surface area contributed by atoms with E-state index in [1.807, 2.05) is 32.9 Å². The van der Waals surface area contributed by atoms with Crippen LogP contribution in [0.25, 0.3) is 0 Å². The Labute approximate surface area is 134 Å². The van der Waals surface area contributed by atoms with Crippen molar-refractivity contribution in [3.63, 3.8) is 0 Å². The van der Waals surface area contributed by atoms with Crippen molar-refractivity contribution >= 4 is 0 Å². The molecule has 0 aliphatic carbocycles. The second kappa shape index (κ2) is 7.10. The summed E-state index contributed by atoms with van der Waals surface area (Å²) in [5.41, 5.74) is 0. The predicted molar refractivity (Wildman–Crippen MR) is 79.8 cm³/mol. The van der Waals surface area contributed by atoms with Gasteiger partial charge in [0, 0.05) is 0 Å². The predicted octanol–water partition coefficient (Wildman–Crippen LogP) is 1.16. The molecule has 2 saturated heterocycles. The second-order valence-electron chi connectivity index (χ2n) is 5.44. The topological polar surface area (TPSA) is 91.4 Å². The van der Waals surface area contributed by atoms with Crippen LogP contribution in [0.15, 0.2) is 12.2 Å².